The minimum Gasteiger partial charge on any atom is -0.308 e. The topological polar surface area (TPSA) is 49.4 Å². The lowest BCUT2D eigenvalue weighted by Crippen LogP contribution is -2.46. The minimum absolute atomic E-state index is 0.285. The molecule has 1 aliphatic heterocycles. The van der Waals surface area contributed by atoms with Gasteiger partial charge in [-0.3, -0.25) is 0 Å². The largest absolute Gasteiger partial charge is 0.308 e. The van der Waals surface area contributed by atoms with Gasteiger partial charge < -0.3 is 10.2 Å². The average Bonchev–Trinajstić information content (AvgIpc) is 2.39. The van der Waals surface area contributed by atoms with E-state index in [1.807, 2.05) is 6.07 Å². The molecule has 0 amide bonds. The molecule has 0 spiro atoms. The molecule has 2 rings (SSSR count). The van der Waals surface area contributed by atoms with E-state index in [9.17, 15) is 8.42 Å². The fourth-order valence-electron chi connectivity index (χ4n) is 2.47. The van der Waals surface area contributed by atoms with Crippen molar-refractivity contribution in [2.45, 2.75) is 12.5 Å². The maximum absolute atomic E-state index is 11.1. The first kappa shape index (κ1) is 14.5. The summed E-state index contributed by atoms with van der Waals surface area (Å²) in [6.07, 6.45) is 2.03. The Morgan fingerprint density at radius 3 is 2.74 bits per heavy atom. The Morgan fingerprint density at radius 1 is 1.32 bits per heavy atom. The third-order valence-electron chi connectivity index (χ3n) is 3.45. The highest BCUT2D eigenvalue weighted by Gasteiger charge is 2.20. The summed E-state index contributed by atoms with van der Waals surface area (Å²) in [6.45, 7) is 3.76. The van der Waals surface area contributed by atoms with Gasteiger partial charge in [0.15, 0.2) is 0 Å². The van der Waals surface area contributed by atoms with Gasteiger partial charge in [0, 0.05) is 31.9 Å². The summed E-state index contributed by atoms with van der Waals surface area (Å²) in [5.41, 5.74) is 1.30. The minimum atomic E-state index is -2.83. The first-order valence-electron chi connectivity index (χ1n) is 6.73. The van der Waals surface area contributed by atoms with Crippen LogP contribution in [0.2, 0.25) is 0 Å². The maximum Gasteiger partial charge on any atom is 0.147 e. The van der Waals surface area contributed by atoms with Gasteiger partial charge in [0.2, 0.25) is 0 Å². The van der Waals surface area contributed by atoms with E-state index >= 15 is 0 Å². The molecule has 106 valence electrons. The molecule has 1 unspecified atom stereocenters. The molecule has 0 saturated carbocycles. The molecule has 1 aromatic rings. The molecule has 1 N–H and O–H groups in total. The lowest BCUT2D eigenvalue weighted by molar-refractivity contribution is 0.201. The number of hydrogen-bond acceptors (Lipinski definition) is 4. The van der Waals surface area contributed by atoms with Gasteiger partial charge in [0.1, 0.15) is 9.84 Å². The molecule has 0 radical (unpaired) electrons. The van der Waals surface area contributed by atoms with Gasteiger partial charge in [0.25, 0.3) is 0 Å². The lowest BCUT2D eigenvalue weighted by Gasteiger charge is -2.33. The Bertz CT molecular complexity index is 487. The molecule has 1 aromatic carbocycles. The van der Waals surface area contributed by atoms with Gasteiger partial charge in [-0.25, -0.2) is 8.42 Å². The Hall–Kier alpha value is -0.910. The molecule has 0 aliphatic carbocycles. The standard InChI is InChI=1S/C14H22N2O2S/c1-19(17,18)11-5-9-16-10-8-15-14(12-16)13-6-3-2-4-7-13/h2-4,6-7,14-15H,5,8-12H2,1H3. The first-order valence-corrected chi connectivity index (χ1v) is 8.79. The van der Waals surface area contributed by atoms with E-state index in [1.165, 1.54) is 11.8 Å². The summed E-state index contributed by atoms with van der Waals surface area (Å²) >= 11 is 0. The SMILES string of the molecule is CS(=O)(=O)CCCN1CCNC(c2ccccc2)C1. The molecule has 1 aliphatic rings. The van der Waals surface area contributed by atoms with E-state index < -0.39 is 9.84 Å². The monoisotopic (exact) mass is 282 g/mol. The summed E-state index contributed by atoms with van der Waals surface area (Å²) < 4.78 is 22.3. The van der Waals surface area contributed by atoms with Crippen LogP contribution in [0.5, 0.6) is 0 Å². The molecule has 1 atom stereocenters. The molecule has 0 aromatic heterocycles. The van der Waals surface area contributed by atoms with Crippen molar-refractivity contribution in [1.29, 1.82) is 0 Å². The Kier molecular flexibility index (Phi) is 4.96. The smallest absolute Gasteiger partial charge is 0.147 e. The van der Waals surface area contributed by atoms with Crippen molar-refractivity contribution < 1.29 is 8.42 Å². The zero-order chi connectivity index (χ0) is 13.7. The van der Waals surface area contributed by atoms with Crippen LogP contribution in [0.25, 0.3) is 0 Å². The summed E-state index contributed by atoms with van der Waals surface area (Å²) in [6, 6.07) is 10.8. The Morgan fingerprint density at radius 2 is 2.05 bits per heavy atom. The number of piperazine rings is 1. The van der Waals surface area contributed by atoms with Gasteiger partial charge in [0.05, 0.1) is 5.75 Å². The second-order valence-corrected chi connectivity index (χ2v) is 7.46. The average molecular weight is 282 g/mol. The van der Waals surface area contributed by atoms with Gasteiger partial charge in [-0.2, -0.15) is 0 Å². The van der Waals surface area contributed by atoms with Crippen molar-refractivity contribution in [1.82, 2.24) is 10.2 Å². The molecule has 0 bridgehead atoms. The van der Waals surface area contributed by atoms with Crippen LogP contribution >= 0.6 is 0 Å². The van der Waals surface area contributed by atoms with Crippen LogP contribution in [0.15, 0.2) is 30.3 Å². The number of nitrogens with one attached hydrogen (secondary N) is 1. The summed E-state index contributed by atoms with van der Waals surface area (Å²) in [5, 5.41) is 3.51. The molecule has 1 saturated heterocycles. The summed E-state index contributed by atoms with van der Waals surface area (Å²) in [5.74, 6) is 0.285. The van der Waals surface area contributed by atoms with E-state index in [1.54, 1.807) is 0 Å². The van der Waals surface area contributed by atoms with Crippen LogP contribution < -0.4 is 5.32 Å². The molecule has 4 nitrogen and oxygen atoms in total. The number of hydrogen-bond donors (Lipinski definition) is 1. The van der Waals surface area contributed by atoms with Gasteiger partial charge in [-0.15, -0.1) is 0 Å². The zero-order valence-corrected chi connectivity index (χ0v) is 12.2. The van der Waals surface area contributed by atoms with Crippen molar-refractivity contribution in [2.75, 3.05) is 38.2 Å². The molecular formula is C14H22N2O2S. The predicted molar refractivity (Wildman–Crippen MR) is 78.0 cm³/mol. The van der Waals surface area contributed by atoms with E-state index in [-0.39, 0.29) is 5.75 Å². The Labute approximate surface area is 115 Å². The number of sulfone groups is 1. The van der Waals surface area contributed by atoms with Gasteiger partial charge in [-0.05, 0) is 18.5 Å². The fourth-order valence-corrected chi connectivity index (χ4v) is 3.13. The highest BCUT2D eigenvalue weighted by molar-refractivity contribution is 7.90. The van der Waals surface area contributed by atoms with Crippen LogP contribution in [0.4, 0.5) is 0 Å². The predicted octanol–water partition coefficient (Wildman–Crippen LogP) is 1.07. The molecule has 1 fully saturated rings. The summed E-state index contributed by atoms with van der Waals surface area (Å²) in [4.78, 5) is 2.35. The van der Waals surface area contributed by atoms with E-state index in [0.717, 1.165) is 32.6 Å². The van der Waals surface area contributed by atoms with Crippen LogP contribution in [0.1, 0.15) is 18.0 Å². The molecule has 19 heavy (non-hydrogen) atoms. The first-order chi connectivity index (χ1) is 9.04. The number of nitrogens with zero attached hydrogens (tertiary/aromatic N) is 1. The van der Waals surface area contributed by atoms with Gasteiger partial charge >= 0.3 is 0 Å². The summed E-state index contributed by atoms with van der Waals surface area (Å²) in [7, 11) is -2.83. The second kappa shape index (κ2) is 6.50. The van der Waals surface area contributed by atoms with Crippen molar-refractivity contribution in [3.8, 4) is 0 Å². The van der Waals surface area contributed by atoms with Crippen LogP contribution in [0, 0.1) is 0 Å². The van der Waals surface area contributed by atoms with Crippen LogP contribution in [-0.4, -0.2) is 51.5 Å². The quantitative estimate of drug-likeness (QED) is 0.877. The van der Waals surface area contributed by atoms with E-state index in [2.05, 4.69) is 34.5 Å². The Balaban J connectivity index is 1.84. The van der Waals surface area contributed by atoms with E-state index in [4.69, 9.17) is 0 Å². The fraction of sp³-hybridized carbons (Fsp3) is 0.571. The normalized spacial score (nSPS) is 21.4. The van der Waals surface area contributed by atoms with Crippen LogP contribution in [0.3, 0.4) is 0 Å². The maximum atomic E-state index is 11.1. The third kappa shape index (κ3) is 4.93. The van der Waals surface area contributed by atoms with Gasteiger partial charge in [-0.1, -0.05) is 30.3 Å². The molecule has 1 heterocycles. The zero-order valence-electron chi connectivity index (χ0n) is 11.4. The second-order valence-electron chi connectivity index (χ2n) is 5.20. The molecule has 5 heteroatoms. The van der Waals surface area contributed by atoms with Crippen molar-refractivity contribution >= 4 is 9.84 Å². The third-order valence-corrected chi connectivity index (χ3v) is 4.48. The van der Waals surface area contributed by atoms with Crippen molar-refractivity contribution in [3.63, 3.8) is 0 Å². The highest BCUT2D eigenvalue weighted by atomic mass is 32.2. The lowest BCUT2D eigenvalue weighted by atomic mass is 10.0. The number of benzene rings is 1. The van der Waals surface area contributed by atoms with Crippen molar-refractivity contribution in [2.24, 2.45) is 0 Å². The molecular weight excluding hydrogens is 260 g/mol. The number of rotatable bonds is 5. The highest BCUT2D eigenvalue weighted by Crippen LogP contribution is 2.16. The van der Waals surface area contributed by atoms with E-state index in [0.29, 0.717) is 6.04 Å². The van der Waals surface area contributed by atoms with Crippen LogP contribution in [-0.2, 0) is 9.84 Å². The van der Waals surface area contributed by atoms with Crippen molar-refractivity contribution in [3.05, 3.63) is 35.9 Å².